The summed E-state index contributed by atoms with van der Waals surface area (Å²) in [7, 11) is 0. The minimum absolute atomic E-state index is 0.159. The number of aromatic hydroxyl groups is 1. The van der Waals surface area contributed by atoms with Crippen LogP contribution in [0.5, 0.6) is 5.75 Å². The number of anilines is 1. The maximum atomic E-state index is 14.0. The number of amides is 3. The molecule has 3 aromatic carbocycles. The molecule has 4 atom stereocenters. The van der Waals surface area contributed by atoms with Crippen molar-refractivity contribution in [3.05, 3.63) is 94.5 Å². The number of benzene rings is 3. The first kappa shape index (κ1) is 23.4. The van der Waals surface area contributed by atoms with Crippen LogP contribution in [-0.4, -0.2) is 40.3 Å². The van der Waals surface area contributed by atoms with Crippen molar-refractivity contribution in [1.29, 1.82) is 0 Å². The molecule has 0 unspecified atom stereocenters. The third kappa shape index (κ3) is 3.49. The molecule has 3 heterocycles. The van der Waals surface area contributed by atoms with Gasteiger partial charge in [-0.15, -0.1) is 0 Å². The Labute approximate surface area is 215 Å². The molecule has 6 rings (SSSR count). The quantitative estimate of drug-likeness (QED) is 0.472. The number of aryl methyl sites for hydroxylation is 1. The third-order valence-corrected chi connectivity index (χ3v) is 8.37. The smallest absolute Gasteiger partial charge is 0.250 e. The highest BCUT2D eigenvalue weighted by molar-refractivity contribution is 6.15. The van der Waals surface area contributed by atoms with E-state index in [2.05, 4.69) is 10.6 Å². The second-order valence-electron chi connectivity index (χ2n) is 10.4. The molecule has 0 bridgehead atoms. The number of hydrogen-bond donors (Lipinski definition) is 3. The van der Waals surface area contributed by atoms with Crippen molar-refractivity contribution < 1.29 is 19.5 Å². The van der Waals surface area contributed by atoms with Gasteiger partial charge in [0.15, 0.2) is 0 Å². The van der Waals surface area contributed by atoms with E-state index in [4.69, 9.17) is 0 Å². The third-order valence-electron chi connectivity index (χ3n) is 8.37. The average Bonchev–Trinajstić information content (AvgIpc) is 3.47. The SMILES string of the molecule is Cc1ccc2c(c1C)NC(=O)[C@]21N[C@H](Cc2ccc(O)cc2)[C@H]2C(=O)N(CCc3ccccc3)C(=O)[C@H]21. The molecule has 1 spiro atoms. The van der Waals surface area contributed by atoms with E-state index in [0.717, 1.165) is 33.5 Å². The van der Waals surface area contributed by atoms with Crippen LogP contribution in [0.1, 0.15) is 27.8 Å². The van der Waals surface area contributed by atoms with Crippen LogP contribution in [0.4, 0.5) is 5.69 Å². The van der Waals surface area contributed by atoms with Crippen LogP contribution in [0.3, 0.4) is 0 Å². The molecule has 3 aliphatic rings. The van der Waals surface area contributed by atoms with Crippen molar-refractivity contribution in [1.82, 2.24) is 10.2 Å². The number of hydrogen-bond acceptors (Lipinski definition) is 5. The van der Waals surface area contributed by atoms with Crippen molar-refractivity contribution in [3.63, 3.8) is 0 Å². The van der Waals surface area contributed by atoms with Gasteiger partial charge >= 0.3 is 0 Å². The maximum Gasteiger partial charge on any atom is 0.250 e. The number of phenolic OH excluding ortho intramolecular Hbond substituents is 1. The molecule has 2 fully saturated rings. The highest BCUT2D eigenvalue weighted by atomic mass is 16.3. The number of carbonyl (C=O) groups is 3. The number of carbonyl (C=O) groups excluding carboxylic acids is 3. The molecule has 7 heteroatoms. The average molecular weight is 496 g/mol. The summed E-state index contributed by atoms with van der Waals surface area (Å²) in [6, 6.07) is 20.1. The Morgan fingerprint density at radius 2 is 1.62 bits per heavy atom. The maximum absolute atomic E-state index is 14.0. The van der Waals surface area contributed by atoms with Crippen molar-refractivity contribution in [2.45, 2.75) is 38.3 Å². The zero-order valence-electron chi connectivity index (χ0n) is 20.8. The fourth-order valence-corrected chi connectivity index (χ4v) is 6.35. The zero-order chi connectivity index (χ0) is 25.9. The van der Waals surface area contributed by atoms with Gasteiger partial charge < -0.3 is 10.4 Å². The first-order valence-corrected chi connectivity index (χ1v) is 12.7. The van der Waals surface area contributed by atoms with Gasteiger partial charge in [0.1, 0.15) is 11.3 Å². The number of nitrogens with one attached hydrogen (secondary N) is 2. The lowest BCUT2D eigenvalue weighted by atomic mass is 9.75. The number of rotatable bonds is 5. The summed E-state index contributed by atoms with van der Waals surface area (Å²) < 4.78 is 0. The Bertz CT molecular complexity index is 1420. The predicted octanol–water partition coefficient (Wildman–Crippen LogP) is 3.21. The molecule has 7 nitrogen and oxygen atoms in total. The van der Waals surface area contributed by atoms with Crippen LogP contribution in [0.15, 0.2) is 66.7 Å². The van der Waals surface area contributed by atoms with Gasteiger partial charge in [0.2, 0.25) is 17.7 Å². The lowest BCUT2D eigenvalue weighted by Gasteiger charge is -2.29. The first-order valence-electron chi connectivity index (χ1n) is 12.7. The van der Waals surface area contributed by atoms with Gasteiger partial charge in [0.05, 0.1) is 11.8 Å². The first-order chi connectivity index (χ1) is 17.8. The molecule has 2 saturated heterocycles. The molecule has 188 valence electrons. The van der Waals surface area contributed by atoms with E-state index in [1.54, 1.807) is 12.1 Å². The molecule has 3 N–H and O–H groups in total. The largest absolute Gasteiger partial charge is 0.508 e. The topological polar surface area (TPSA) is 98.7 Å². The molecule has 3 aromatic rings. The fourth-order valence-electron chi connectivity index (χ4n) is 6.35. The Morgan fingerprint density at radius 3 is 2.35 bits per heavy atom. The Balaban J connectivity index is 1.41. The highest BCUT2D eigenvalue weighted by Crippen LogP contribution is 2.54. The Morgan fingerprint density at radius 1 is 0.892 bits per heavy atom. The summed E-state index contributed by atoms with van der Waals surface area (Å²) >= 11 is 0. The molecule has 37 heavy (non-hydrogen) atoms. The number of imide groups is 1. The van der Waals surface area contributed by atoms with Crippen LogP contribution in [0.2, 0.25) is 0 Å². The van der Waals surface area contributed by atoms with Crippen LogP contribution in [0.25, 0.3) is 0 Å². The molecule has 0 radical (unpaired) electrons. The summed E-state index contributed by atoms with van der Waals surface area (Å²) in [5.41, 5.74) is 4.11. The van der Waals surface area contributed by atoms with E-state index < -0.39 is 23.4 Å². The standard InChI is InChI=1S/C30H29N3O4/c1-17-8-13-22-26(18(17)2)31-29(37)30(22)25-24(23(32-30)16-20-9-11-21(34)12-10-20)27(35)33(28(25)36)15-14-19-6-4-3-5-7-19/h3-13,23-25,32,34H,14-16H2,1-2H3,(H,31,37)/t23-,24-,25+,30+/m1/s1. The molecule has 0 aliphatic carbocycles. The lowest BCUT2D eigenvalue weighted by Crippen LogP contribution is -2.53. The van der Waals surface area contributed by atoms with Gasteiger partial charge in [-0.05, 0) is 61.1 Å². The second-order valence-corrected chi connectivity index (χ2v) is 10.4. The molecule has 0 aromatic heterocycles. The van der Waals surface area contributed by atoms with E-state index in [-0.39, 0.29) is 30.0 Å². The summed E-state index contributed by atoms with van der Waals surface area (Å²) in [6.45, 7) is 4.22. The van der Waals surface area contributed by atoms with Crippen LogP contribution >= 0.6 is 0 Å². The van der Waals surface area contributed by atoms with E-state index in [0.29, 0.717) is 12.8 Å². The summed E-state index contributed by atoms with van der Waals surface area (Å²) in [5.74, 6) is -2.16. The molecule has 3 amide bonds. The summed E-state index contributed by atoms with van der Waals surface area (Å²) in [5, 5.41) is 16.2. The molecule has 0 saturated carbocycles. The van der Waals surface area contributed by atoms with Gasteiger partial charge in [-0.3, -0.25) is 24.6 Å². The summed E-state index contributed by atoms with van der Waals surface area (Å²) in [6.07, 6.45) is 1.00. The van der Waals surface area contributed by atoms with Gasteiger partial charge in [0.25, 0.3) is 0 Å². The van der Waals surface area contributed by atoms with Gasteiger partial charge in [-0.1, -0.05) is 54.6 Å². The fraction of sp³-hybridized carbons (Fsp3) is 0.300. The number of fused-ring (bicyclic) bond motifs is 4. The number of likely N-dealkylation sites (tertiary alicyclic amines) is 1. The van der Waals surface area contributed by atoms with Crippen LogP contribution in [0, 0.1) is 25.7 Å². The summed E-state index contributed by atoms with van der Waals surface area (Å²) in [4.78, 5) is 42.9. The predicted molar refractivity (Wildman–Crippen MR) is 139 cm³/mol. The van der Waals surface area contributed by atoms with E-state index >= 15 is 0 Å². The minimum Gasteiger partial charge on any atom is -0.508 e. The van der Waals surface area contributed by atoms with Gasteiger partial charge in [-0.2, -0.15) is 0 Å². The van der Waals surface area contributed by atoms with E-state index in [9.17, 15) is 19.5 Å². The lowest BCUT2D eigenvalue weighted by molar-refractivity contribution is -0.142. The normalized spacial score (nSPS) is 26.1. The van der Waals surface area contributed by atoms with Crippen molar-refractivity contribution in [2.24, 2.45) is 11.8 Å². The van der Waals surface area contributed by atoms with Crippen LogP contribution in [-0.2, 0) is 32.8 Å². The van der Waals surface area contributed by atoms with E-state index in [1.165, 1.54) is 4.90 Å². The number of phenols is 1. The Kier molecular flexibility index (Phi) is 5.42. The van der Waals surface area contributed by atoms with Crippen molar-refractivity contribution >= 4 is 23.4 Å². The number of nitrogens with zero attached hydrogens (tertiary/aromatic N) is 1. The van der Waals surface area contributed by atoms with Crippen molar-refractivity contribution in [2.75, 3.05) is 11.9 Å². The van der Waals surface area contributed by atoms with Crippen molar-refractivity contribution in [3.8, 4) is 5.75 Å². The highest BCUT2D eigenvalue weighted by Gasteiger charge is 2.70. The van der Waals surface area contributed by atoms with Gasteiger partial charge in [-0.25, -0.2) is 0 Å². The van der Waals surface area contributed by atoms with E-state index in [1.807, 2.05) is 68.4 Å². The van der Waals surface area contributed by atoms with Gasteiger partial charge in [0, 0.05) is 23.8 Å². The monoisotopic (exact) mass is 495 g/mol. The molecule has 3 aliphatic heterocycles. The van der Waals surface area contributed by atoms with Crippen LogP contribution < -0.4 is 10.6 Å². The zero-order valence-corrected chi connectivity index (χ0v) is 20.8. The molecular weight excluding hydrogens is 466 g/mol. The Hall–Kier alpha value is -3.97. The second kappa shape index (κ2) is 8.56. The molecular formula is C30H29N3O4. The minimum atomic E-state index is -1.31.